The standard InChI is InChI=1S/C11H17NO3/c1-15-10-5-7-4-9(14)8-2-3-12(7)11(8,10)6-13/h7-8,10,13H,2-6H2,1H3. The average molecular weight is 211 g/mol. The van der Waals surface area contributed by atoms with E-state index in [1.807, 2.05) is 0 Å². The predicted octanol–water partition coefficient (Wildman–Crippen LogP) is -0.201. The molecule has 0 aromatic carbocycles. The Kier molecular flexibility index (Phi) is 1.97. The number of Topliss-reactive ketones (excluding diaryl/α,β-unsaturated/α-hetero) is 1. The van der Waals surface area contributed by atoms with E-state index in [9.17, 15) is 9.90 Å². The first kappa shape index (κ1) is 9.75. The molecule has 0 amide bonds. The summed E-state index contributed by atoms with van der Waals surface area (Å²) < 4.78 is 5.49. The minimum absolute atomic E-state index is 0.00574. The summed E-state index contributed by atoms with van der Waals surface area (Å²) in [5, 5.41) is 9.69. The quantitative estimate of drug-likeness (QED) is 0.687. The molecule has 0 aliphatic carbocycles. The summed E-state index contributed by atoms with van der Waals surface area (Å²) in [6, 6.07) is 0.313. The maximum Gasteiger partial charge on any atom is 0.139 e. The molecule has 3 rings (SSSR count). The van der Waals surface area contributed by atoms with Crippen molar-refractivity contribution in [2.24, 2.45) is 5.92 Å². The highest BCUT2D eigenvalue weighted by molar-refractivity contribution is 5.85. The van der Waals surface area contributed by atoms with Crippen molar-refractivity contribution in [2.75, 3.05) is 20.3 Å². The van der Waals surface area contributed by atoms with Gasteiger partial charge in [0.15, 0.2) is 0 Å². The van der Waals surface area contributed by atoms with Crippen LogP contribution < -0.4 is 0 Å². The normalized spacial score (nSPS) is 52.5. The number of rotatable bonds is 2. The summed E-state index contributed by atoms with van der Waals surface area (Å²) in [5.74, 6) is 0.341. The summed E-state index contributed by atoms with van der Waals surface area (Å²) in [5.41, 5.74) is -0.380. The molecule has 0 radical (unpaired) electrons. The Morgan fingerprint density at radius 3 is 3.13 bits per heavy atom. The zero-order valence-corrected chi connectivity index (χ0v) is 8.98. The molecule has 0 aromatic heterocycles. The van der Waals surface area contributed by atoms with Crippen LogP contribution in [0, 0.1) is 5.92 Å². The van der Waals surface area contributed by atoms with Crippen LogP contribution in [0.3, 0.4) is 0 Å². The Morgan fingerprint density at radius 1 is 1.67 bits per heavy atom. The van der Waals surface area contributed by atoms with E-state index in [0.717, 1.165) is 19.4 Å². The molecule has 4 heteroatoms. The van der Waals surface area contributed by atoms with Crippen LogP contribution in [0.4, 0.5) is 0 Å². The van der Waals surface area contributed by atoms with E-state index in [-0.39, 0.29) is 24.2 Å². The molecule has 3 aliphatic rings. The molecule has 15 heavy (non-hydrogen) atoms. The van der Waals surface area contributed by atoms with Crippen LogP contribution in [0.2, 0.25) is 0 Å². The molecule has 5 unspecified atom stereocenters. The Bertz CT molecular complexity index is 306. The maximum absolute atomic E-state index is 11.9. The fourth-order valence-corrected chi connectivity index (χ4v) is 4.05. The van der Waals surface area contributed by atoms with Crippen LogP contribution in [0.1, 0.15) is 19.3 Å². The fraction of sp³-hybridized carbons (Fsp3) is 0.909. The number of hydrogen-bond donors (Lipinski definition) is 1. The number of methoxy groups -OCH3 is 1. The second-order valence-corrected chi connectivity index (χ2v) is 4.97. The summed E-state index contributed by atoms with van der Waals surface area (Å²) >= 11 is 0. The van der Waals surface area contributed by atoms with Gasteiger partial charge >= 0.3 is 0 Å². The first-order valence-electron chi connectivity index (χ1n) is 5.67. The molecule has 84 valence electrons. The van der Waals surface area contributed by atoms with Gasteiger partial charge in [0.05, 0.1) is 18.2 Å². The van der Waals surface area contributed by atoms with Crippen molar-refractivity contribution in [3.05, 3.63) is 0 Å². The van der Waals surface area contributed by atoms with E-state index < -0.39 is 0 Å². The van der Waals surface area contributed by atoms with Gasteiger partial charge in [0.2, 0.25) is 0 Å². The highest BCUT2D eigenvalue weighted by Gasteiger charge is 2.65. The first-order valence-corrected chi connectivity index (χ1v) is 5.67. The molecule has 3 heterocycles. The molecule has 3 fully saturated rings. The largest absolute Gasteiger partial charge is 0.394 e. The second kappa shape index (κ2) is 3.03. The van der Waals surface area contributed by atoms with Crippen LogP contribution in [0.25, 0.3) is 0 Å². The third-order valence-corrected chi connectivity index (χ3v) is 4.64. The molecule has 0 saturated carbocycles. The van der Waals surface area contributed by atoms with Gasteiger partial charge in [0.1, 0.15) is 5.78 Å². The molecule has 0 aromatic rings. The number of aliphatic hydroxyl groups is 1. The Labute approximate surface area is 89.2 Å². The molecular formula is C11H17NO3. The molecule has 3 aliphatic heterocycles. The van der Waals surface area contributed by atoms with Crippen molar-refractivity contribution < 1.29 is 14.6 Å². The maximum atomic E-state index is 11.9. The molecule has 4 nitrogen and oxygen atoms in total. The number of hydrogen-bond acceptors (Lipinski definition) is 4. The lowest BCUT2D eigenvalue weighted by molar-refractivity contribution is -0.135. The van der Waals surface area contributed by atoms with Gasteiger partial charge < -0.3 is 9.84 Å². The monoisotopic (exact) mass is 211 g/mol. The number of carbonyl (C=O) groups excluding carboxylic acids is 1. The molecule has 5 atom stereocenters. The van der Waals surface area contributed by atoms with Crippen LogP contribution in [0.15, 0.2) is 0 Å². The van der Waals surface area contributed by atoms with Crippen molar-refractivity contribution >= 4 is 5.78 Å². The highest BCUT2D eigenvalue weighted by atomic mass is 16.5. The second-order valence-electron chi connectivity index (χ2n) is 4.97. The summed E-state index contributed by atoms with van der Waals surface area (Å²) in [6.45, 7) is 1.000. The lowest BCUT2D eigenvalue weighted by Gasteiger charge is -2.42. The van der Waals surface area contributed by atoms with E-state index in [2.05, 4.69) is 4.90 Å². The number of nitrogens with zero attached hydrogens (tertiary/aromatic N) is 1. The van der Waals surface area contributed by atoms with E-state index in [0.29, 0.717) is 18.2 Å². The molecule has 4 bridgehead atoms. The van der Waals surface area contributed by atoms with Crippen LogP contribution >= 0.6 is 0 Å². The number of piperidine rings is 1. The Morgan fingerprint density at radius 2 is 2.47 bits per heavy atom. The van der Waals surface area contributed by atoms with Gasteiger partial charge in [0, 0.05) is 25.5 Å². The van der Waals surface area contributed by atoms with Gasteiger partial charge in [-0.25, -0.2) is 0 Å². The molecule has 3 saturated heterocycles. The van der Waals surface area contributed by atoms with Crippen LogP contribution in [-0.2, 0) is 9.53 Å². The number of ether oxygens (including phenoxy) is 1. The Hall–Kier alpha value is -0.450. The lowest BCUT2D eigenvalue weighted by Crippen LogP contribution is -2.59. The van der Waals surface area contributed by atoms with Gasteiger partial charge in [-0.3, -0.25) is 9.69 Å². The predicted molar refractivity (Wildman–Crippen MR) is 53.5 cm³/mol. The number of carbonyl (C=O) groups is 1. The number of aliphatic hydroxyl groups excluding tert-OH is 1. The van der Waals surface area contributed by atoms with Gasteiger partial charge in [-0.1, -0.05) is 0 Å². The third-order valence-electron chi connectivity index (χ3n) is 4.64. The van der Waals surface area contributed by atoms with E-state index >= 15 is 0 Å². The van der Waals surface area contributed by atoms with Gasteiger partial charge in [-0.2, -0.15) is 0 Å². The van der Waals surface area contributed by atoms with Crippen molar-refractivity contribution in [3.8, 4) is 0 Å². The zero-order valence-electron chi connectivity index (χ0n) is 8.98. The summed E-state index contributed by atoms with van der Waals surface area (Å²) in [4.78, 5) is 14.3. The highest BCUT2D eigenvalue weighted by Crippen LogP contribution is 2.52. The van der Waals surface area contributed by atoms with Crippen molar-refractivity contribution in [1.82, 2.24) is 4.90 Å². The lowest BCUT2D eigenvalue weighted by atomic mass is 9.78. The van der Waals surface area contributed by atoms with E-state index in [4.69, 9.17) is 4.74 Å². The van der Waals surface area contributed by atoms with Crippen molar-refractivity contribution in [3.63, 3.8) is 0 Å². The minimum Gasteiger partial charge on any atom is -0.394 e. The van der Waals surface area contributed by atoms with Crippen LogP contribution in [0.5, 0.6) is 0 Å². The third kappa shape index (κ3) is 0.953. The Balaban J connectivity index is 2.07. The van der Waals surface area contributed by atoms with Crippen molar-refractivity contribution in [2.45, 2.75) is 36.9 Å². The van der Waals surface area contributed by atoms with E-state index in [1.54, 1.807) is 7.11 Å². The summed E-state index contributed by atoms with van der Waals surface area (Å²) in [6.07, 6.45) is 2.49. The molecular weight excluding hydrogens is 194 g/mol. The molecule has 0 spiro atoms. The minimum atomic E-state index is -0.380. The molecule has 1 N–H and O–H groups in total. The van der Waals surface area contributed by atoms with Gasteiger partial charge in [-0.15, -0.1) is 0 Å². The van der Waals surface area contributed by atoms with Crippen LogP contribution in [-0.4, -0.2) is 53.7 Å². The summed E-state index contributed by atoms with van der Waals surface area (Å²) in [7, 11) is 1.69. The average Bonchev–Trinajstić information content (AvgIpc) is 2.65. The van der Waals surface area contributed by atoms with E-state index in [1.165, 1.54) is 0 Å². The topological polar surface area (TPSA) is 49.8 Å². The zero-order chi connectivity index (χ0) is 10.6. The first-order chi connectivity index (χ1) is 7.24. The fourth-order valence-electron chi connectivity index (χ4n) is 4.05. The van der Waals surface area contributed by atoms with Gasteiger partial charge in [0.25, 0.3) is 0 Å². The number of ketones is 1. The van der Waals surface area contributed by atoms with Gasteiger partial charge in [-0.05, 0) is 19.4 Å². The smallest absolute Gasteiger partial charge is 0.139 e. The van der Waals surface area contributed by atoms with Crippen molar-refractivity contribution in [1.29, 1.82) is 0 Å². The SMILES string of the molecule is COC1CC2CC(=O)C3CCN2C13CO.